The Bertz CT molecular complexity index is 421. The first-order valence-electron chi connectivity index (χ1n) is 7.54. The Kier molecular flexibility index (Phi) is 4.04. The predicted molar refractivity (Wildman–Crippen MR) is 77.6 cm³/mol. The molecule has 0 spiro atoms. The van der Waals surface area contributed by atoms with Gasteiger partial charge in [0.1, 0.15) is 5.75 Å². The van der Waals surface area contributed by atoms with Gasteiger partial charge in [0.15, 0.2) is 0 Å². The average molecular weight is 260 g/mol. The predicted octanol–water partition coefficient (Wildman–Crippen LogP) is 2.37. The molecule has 0 bridgehead atoms. The van der Waals surface area contributed by atoms with Gasteiger partial charge in [0.05, 0.1) is 6.61 Å². The van der Waals surface area contributed by atoms with Crippen LogP contribution < -0.4 is 10.5 Å². The molecule has 0 radical (unpaired) electrons. The first-order valence-corrected chi connectivity index (χ1v) is 7.54. The summed E-state index contributed by atoms with van der Waals surface area (Å²) in [4.78, 5) is 2.60. The van der Waals surface area contributed by atoms with Gasteiger partial charge in [-0.25, -0.2) is 0 Å². The van der Waals surface area contributed by atoms with E-state index in [0.29, 0.717) is 12.0 Å². The van der Waals surface area contributed by atoms with Crippen LogP contribution in [-0.2, 0) is 0 Å². The van der Waals surface area contributed by atoms with Crippen molar-refractivity contribution in [3.05, 3.63) is 29.8 Å². The lowest BCUT2D eigenvalue weighted by atomic mass is 9.99. The highest BCUT2D eigenvalue weighted by Gasteiger charge is 2.28. The van der Waals surface area contributed by atoms with E-state index in [0.717, 1.165) is 25.4 Å². The third-order valence-corrected chi connectivity index (χ3v) is 4.52. The maximum atomic E-state index is 5.96. The normalized spacial score (nSPS) is 27.6. The van der Waals surface area contributed by atoms with Crippen molar-refractivity contribution in [3.63, 3.8) is 0 Å². The van der Waals surface area contributed by atoms with Gasteiger partial charge in [-0.05, 0) is 25.5 Å². The molecule has 1 saturated heterocycles. The van der Waals surface area contributed by atoms with E-state index in [-0.39, 0.29) is 0 Å². The quantitative estimate of drug-likeness (QED) is 0.906. The fourth-order valence-corrected chi connectivity index (χ4v) is 3.41. The van der Waals surface area contributed by atoms with Crippen molar-refractivity contribution in [1.29, 1.82) is 0 Å². The highest BCUT2D eigenvalue weighted by atomic mass is 16.5. The van der Waals surface area contributed by atoms with E-state index < -0.39 is 0 Å². The van der Waals surface area contributed by atoms with Crippen LogP contribution in [0, 0.1) is 0 Å². The van der Waals surface area contributed by atoms with Crippen LogP contribution in [0.2, 0.25) is 0 Å². The Morgan fingerprint density at radius 3 is 3.00 bits per heavy atom. The van der Waals surface area contributed by atoms with Crippen LogP contribution in [0.1, 0.15) is 37.2 Å². The van der Waals surface area contributed by atoms with Crippen molar-refractivity contribution in [2.75, 3.05) is 26.2 Å². The third-order valence-electron chi connectivity index (χ3n) is 4.52. The number of nitrogens with zero attached hydrogens (tertiary/aromatic N) is 1. The second-order valence-electron chi connectivity index (χ2n) is 5.78. The summed E-state index contributed by atoms with van der Waals surface area (Å²) in [5, 5.41) is 0. The number of hydrogen-bond acceptors (Lipinski definition) is 3. The molecule has 2 atom stereocenters. The lowest BCUT2D eigenvalue weighted by Crippen LogP contribution is -2.42. The van der Waals surface area contributed by atoms with Crippen LogP contribution in [0.5, 0.6) is 5.75 Å². The summed E-state index contributed by atoms with van der Waals surface area (Å²) in [5.41, 5.74) is 7.34. The van der Waals surface area contributed by atoms with Gasteiger partial charge in [-0.15, -0.1) is 0 Å². The maximum absolute atomic E-state index is 5.96. The topological polar surface area (TPSA) is 38.5 Å². The molecule has 3 nitrogen and oxygen atoms in total. The highest BCUT2D eigenvalue weighted by molar-refractivity contribution is 5.39. The van der Waals surface area contributed by atoms with Crippen LogP contribution in [0.4, 0.5) is 0 Å². The summed E-state index contributed by atoms with van der Waals surface area (Å²) in [5.74, 6) is 1.59. The number of para-hydroxylation sites is 1. The number of nitrogens with two attached hydrogens (primary N) is 1. The Morgan fingerprint density at radius 2 is 2.11 bits per heavy atom. The summed E-state index contributed by atoms with van der Waals surface area (Å²) in [7, 11) is 0. The second kappa shape index (κ2) is 5.93. The van der Waals surface area contributed by atoms with Crippen molar-refractivity contribution >= 4 is 0 Å². The van der Waals surface area contributed by atoms with Gasteiger partial charge in [0, 0.05) is 30.6 Å². The molecule has 3 rings (SSSR count). The Balaban J connectivity index is 1.70. The van der Waals surface area contributed by atoms with Gasteiger partial charge in [0.2, 0.25) is 0 Å². The van der Waals surface area contributed by atoms with Crippen molar-refractivity contribution in [2.24, 2.45) is 5.73 Å². The summed E-state index contributed by atoms with van der Waals surface area (Å²) < 4.78 is 5.79. The van der Waals surface area contributed by atoms with Crippen LogP contribution in [0.15, 0.2) is 24.3 Å². The smallest absolute Gasteiger partial charge is 0.122 e. The molecule has 1 aromatic rings. The van der Waals surface area contributed by atoms with E-state index in [1.165, 1.54) is 37.8 Å². The molecule has 2 aliphatic rings. The van der Waals surface area contributed by atoms with Crippen molar-refractivity contribution in [1.82, 2.24) is 4.90 Å². The average Bonchev–Trinajstić information content (AvgIpc) is 2.71. The van der Waals surface area contributed by atoms with E-state index in [1.807, 2.05) is 0 Å². The van der Waals surface area contributed by atoms with E-state index in [4.69, 9.17) is 10.5 Å². The number of fused-ring (bicyclic) bond motifs is 1. The second-order valence-corrected chi connectivity index (χ2v) is 5.78. The van der Waals surface area contributed by atoms with Crippen molar-refractivity contribution in [3.8, 4) is 5.75 Å². The van der Waals surface area contributed by atoms with E-state index in [1.54, 1.807) is 0 Å². The fraction of sp³-hybridized carbons (Fsp3) is 0.625. The fourth-order valence-electron chi connectivity index (χ4n) is 3.41. The largest absolute Gasteiger partial charge is 0.493 e. The molecule has 0 aromatic heterocycles. The number of rotatable bonds is 3. The van der Waals surface area contributed by atoms with Gasteiger partial charge < -0.3 is 10.5 Å². The van der Waals surface area contributed by atoms with Crippen LogP contribution in [0.25, 0.3) is 0 Å². The van der Waals surface area contributed by atoms with Gasteiger partial charge in [-0.2, -0.15) is 0 Å². The van der Waals surface area contributed by atoms with Crippen LogP contribution in [0.3, 0.4) is 0 Å². The van der Waals surface area contributed by atoms with E-state index >= 15 is 0 Å². The SMILES string of the molecule is NCC1CCCCCN1CC1COc2ccccc21. The molecule has 104 valence electrons. The zero-order valence-electron chi connectivity index (χ0n) is 11.6. The molecule has 0 saturated carbocycles. The van der Waals surface area contributed by atoms with E-state index in [2.05, 4.69) is 29.2 Å². The van der Waals surface area contributed by atoms with Gasteiger partial charge >= 0.3 is 0 Å². The van der Waals surface area contributed by atoms with Gasteiger partial charge in [-0.3, -0.25) is 4.90 Å². The third kappa shape index (κ3) is 2.77. The molecule has 1 aromatic carbocycles. The number of ether oxygens (including phenoxy) is 1. The minimum atomic E-state index is 0.517. The first-order chi connectivity index (χ1) is 9.38. The number of hydrogen-bond donors (Lipinski definition) is 1. The molecule has 19 heavy (non-hydrogen) atoms. The van der Waals surface area contributed by atoms with E-state index in [9.17, 15) is 0 Å². The van der Waals surface area contributed by atoms with Crippen LogP contribution in [-0.4, -0.2) is 37.2 Å². The molecule has 2 N–H and O–H groups in total. The summed E-state index contributed by atoms with van der Waals surface area (Å²) in [6.45, 7) is 3.90. The summed E-state index contributed by atoms with van der Waals surface area (Å²) in [6, 6.07) is 9.02. The molecule has 2 unspecified atom stereocenters. The van der Waals surface area contributed by atoms with Crippen LogP contribution >= 0.6 is 0 Å². The van der Waals surface area contributed by atoms with Crippen molar-refractivity contribution in [2.45, 2.75) is 37.6 Å². The molecule has 1 fully saturated rings. The summed E-state index contributed by atoms with van der Waals surface area (Å²) >= 11 is 0. The summed E-state index contributed by atoms with van der Waals surface area (Å²) in [6.07, 6.45) is 5.25. The lowest BCUT2D eigenvalue weighted by Gasteiger charge is -2.30. The molecule has 0 aliphatic carbocycles. The zero-order valence-corrected chi connectivity index (χ0v) is 11.6. The van der Waals surface area contributed by atoms with Gasteiger partial charge in [0.25, 0.3) is 0 Å². The molecular weight excluding hydrogens is 236 g/mol. The Hall–Kier alpha value is -1.06. The minimum absolute atomic E-state index is 0.517. The molecule has 0 amide bonds. The monoisotopic (exact) mass is 260 g/mol. The molecule has 2 heterocycles. The minimum Gasteiger partial charge on any atom is -0.493 e. The molecule has 2 aliphatic heterocycles. The van der Waals surface area contributed by atoms with Crippen molar-refractivity contribution < 1.29 is 4.74 Å². The zero-order chi connectivity index (χ0) is 13.1. The Labute approximate surface area is 115 Å². The lowest BCUT2D eigenvalue weighted by molar-refractivity contribution is 0.181. The van der Waals surface area contributed by atoms with Gasteiger partial charge in [-0.1, -0.05) is 31.0 Å². The standard InChI is InChI=1S/C16H24N2O/c17-10-14-6-2-1-5-9-18(14)11-13-12-19-16-8-4-3-7-15(13)16/h3-4,7-8,13-14H,1-2,5-6,9-12,17H2. The maximum Gasteiger partial charge on any atom is 0.122 e. The highest BCUT2D eigenvalue weighted by Crippen LogP contribution is 2.34. The Morgan fingerprint density at radius 1 is 1.21 bits per heavy atom. The molecular formula is C16H24N2O. The number of benzene rings is 1. The number of likely N-dealkylation sites (tertiary alicyclic amines) is 1. The molecule has 3 heteroatoms. The first kappa shape index (κ1) is 12.9.